The zero-order chi connectivity index (χ0) is 33.8. The van der Waals surface area contributed by atoms with Crippen LogP contribution in [-0.2, 0) is 19.1 Å². The van der Waals surface area contributed by atoms with E-state index in [4.69, 9.17) is 9.84 Å². The van der Waals surface area contributed by atoms with Crippen LogP contribution in [-0.4, -0.2) is 35.6 Å². The van der Waals surface area contributed by atoms with Gasteiger partial charge in [-0.15, -0.1) is 0 Å². The van der Waals surface area contributed by atoms with Crippen molar-refractivity contribution in [1.29, 1.82) is 0 Å². The van der Waals surface area contributed by atoms with Gasteiger partial charge in [-0.05, 0) is 70.6 Å². The molecule has 0 saturated carbocycles. The van der Waals surface area contributed by atoms with Gasteiger partial charge in [0, 0.05) is 12.8 Å². The third-order valence-corrected chi connectivity index (χ3v) is 8.63. The molecule has 2 N–H and O–H groups in total. The van der Waals surface area contributed by atoms with Crippen LogP contribution in [0.1, 0.15) is 200 Å². The molecule has 0 rings (SSSR count). The van der Waals surface area contributed by atoms with Gasteiger partial charge in [0.2, 0.25) is 5.91 Å². The van der Waals surface area contributed by atoms with Crippen molar-refractivity contribution in [1.82, 2.24) is 5.32 Å². The number of hydrogen-bond donors (Lipinski definition) is 2. The number of ether oxygens (including phenoxy) is 1. The molecule has 0 fully saturated rings. The van der Waals surface area contributed by atoms with Crippen LogP contribution >= 0.6 is 0 Å². The molecule has 46 heavy (non-hydrogen) atoms. The summed E-state index contributed by atoms with van der Waals surface area (Å²) in [7, 11) is 0. The number of esters is 1. The molecule has 6 heteroatoms. The summed E-state index contributed by atoms with van der Waals surface area (Å²) in [6.07, 6.45) is 42.0. The van der Waals surface area contributed by atoms with Gasteiger partial charge in [-0.25, -0.2) is 0 Å². The molecule has 1 amide bonds. The van der Waals surface area contributed by atoms with E-state index in [9.17, 15) is 14.4 Å². The van der Waals surface area contributed by atoms with E-state index >= 15 is 0 Å². The number of rotatable bonds is 35. The molecule has 0 heterocycles. The lowest BCUT2D eigenvalue weighted by atomic mass is 10.0. The molecule has 0 aromatic heterocycles. The highest BCUT2D eigenvalue weighted by atomic mass is 16.5. The molecule has 0 aromatic rings. The first kappa shape index (κ1) is 43.9. The second-order valence-corrected chi connectivity index (χ2v) is 13.2. The minimum Gasteiger partial charge on any atom is -0.480 e. The van der Waals surface area contributed by atoms with Crippen LogP contribution < -0.4 is 5.32 Å². The van der Waals surface area contributed by atoms with Crippen molar-refractivity contribution in [3.8, 4) is 0 Å². The van der Waals surface area contributed by atoms with Crippen molar-refractivity contribution in [2.75, 3.05) is 6.54 Å². The molecule has 0 aliphatic carbocycles. The molecule has 0 aromatic carbocycles. The monoisotopic (exact) mass is 648 g/mol. The number of carbonyl (C=O) groups excluding carboxylic acids is 2. The highest BCUT2D eigenvalue weighted by Gasteiger charge is 2.14. The zero-order valence-electron chi connectivity index (χ0n) is 30.2. The zero-order valence-corrected chi connectivity index (χ0v) is 30.2. The largest absolute Gasteiger partial charge is 0.480 e. The maximum Gasteiger partial charge on any atom is 0.322 e. The molecule has 1 atom stereocenters. The summed E-state index contributed by atoms with van der Waals surface area (Å²) >= 11 is 0. The number of unbranched alkanes of at least 4 members (excludes halogenated alkanes) is 20. The van der Waals surface area contributed by atoms with Crippen LogP contribution in [0, 0.1) is 0 Å². The minimum atomic E-state index is -1.03. The Bertz CT molecular complexity index is 763. The quantitative estimate of drug-likeness (QED) is 0.0405. The van der Waals surface area contributed by atoms with Gasteiger partial charge in [0.25, 0.3) is 0 Å². The Labute approximate surface area is 284 Å². The SMILES string of the molecule is CCCCCCC/C=C\C/C=C\CCCCCCCCCCCCCC(=O)OC(CCCCC)CCCCCC(=O)NCC(=O)O. The lowest BCUT2D eigenvalue weighted by molar-refractivity contribution is -0.150. The second kappa shape index (κ2) is 35.7. The molecular formula is C40H73NO5. The van der Waals surface area contributed by atoms with E-state index in [-0.39, 0.29) is 24.5 Å². The predicted molar refractivity (Wildman–Crippen MR) is 194 cm³/mol. The lowest BCUT2D eigenvalue weighted by Gasteiger charge is -2.18. The summed E-state index contributed by atoms with van der Waals surface area (Å²) < 4.78 is 5.85. The van der Waals surface area contributed by atoms with Gasteiger partial charge in [-0.3, -0.25) is 14.4 Å². The fourth-order valence-electron chi connectivity index (χ4n) is 5.72. The Morgan fingerprint density at radius 3 is 1.54 bits per heavy atom. The molecule has 0 spiro atoms. The number of hydrogen-bond acceptors (Lipinski definition) is 4. The molecule has 0 radical (unpaired) electrons. The van der Waals surface area contributed by atoms with Crippen LogP contribution in [0.3, 0.4) is 0 Å². The van der Waals surface area contributed by atoms with Crippen LogP contribution in [0.25, 0.3) is 0 Å². The van der Waals surface area contributed by atoms with Crippen LogP contribution in [0.4, 0.5) is 0 Å². The van der Waals surface area contributed by atoms with E-state index in [2.05, 4.69) is 43.5 Å². The van der Waals surface area contributed by atoms with Crippen LogP contribution in [0.2, 0.25) is 0 Å². The first-order valence-corrected chi connectivity index (χ1v) is 19.5. The number of amides is 1. The van der Waals surface area contributed by atoms with Gasteiger partial charge in [-0.1, -0.05) is 141 Å². The van der Waals surface area contributed by atoms with E-state index < -0.39 is 5.97 Å². The molecule has 0 bridgehead atoms. The Kier molecular flexibility index (Phi) is 34.1. The predicted octanol–water partition coefficient (Wildman–Crippen LogP) is 11.6. The van der Waals surface area contributed by atoms with E-state index in [0.29, 0.717) is 12.8 Å². The Hall–Kier alpha value is -2.11. The summed E-state index contributed by atoms with van der Waals surface area (Å²) in [5.74, 6) is -1.32. The third-order valence-electron chi connectivity index (χ3n) is 8.63. The summed E-state index contributed by atoms with van der Waals surface area (Å²) in [6, 6.07) is 0. The van der Waals surface area contributed by atoms with E-state index in [1.54, 1.807) is 0 Å². The third kappa shape index (κ3) is 34.8. The average Bonchev–Trinajstić information content (AvgIpc) is 3.03. The number of carboxylic acid groups (broad SMARTS) is 1. The van der Waals surface area contributed by atoms with Crippen molar-refractivity contribution >= 4 is 17.8 Å². The smallest absolute Gasteiger partial charge is 0.322 e. The summed E-state index contributed by atoms with van der Waals surface area (Å²) in [4.78, 5) is 34.7. The maximum absolute atomic E-state index is 12.5. The summed E-state index contributed by atoms with van der Waals surface area (Å²) in [5.41, 5.74) is 0. The Balaban J connectivity index is 3.68. The van der Waals surface area contributed by atoms with Crippen molar-refractivity contribution in [3.05, 3.63) is 24.3 Å². The molecular weight excluding hydrogens is 574 g/mol. The van der Waals surface area contributed by atoms with Gasteiger partial charge in [0.05, 0.1) is 0 Å². The molecule has 0 aliphatic rings. The highest BCUT2D eigenvalue weighted by molar-refractivity contribution is 5.80. The Morgan fingerprint density at radius 1 is 0.565 bits per heavy atom. The normalized spacial score (nSPS) is 12.2. The first-order chi connectivity index (χ1) is 22.5. The maximum atomic E-state index is 12.5. The molecule has 1 unspecified atom stereocenters. The lowest BCUT2D eigenvalue weighted by Crippen LogP contribution is -2.28. The molecule has 268 valence electrons. The van der Waals surface area contributed by atoms with E-state index in [1.165, 1.54) is 103 Å². The highest BCUT2D eigenvalue weighted by Crippen LogP contribution is 2.17. The van der Waals surface area contributed by atoms with Gasteiger partial charge < -0.3 is 15.2 Å². The van der Waals surface area contributed by atoms with Crippen LogP contribution in [0.5, 0.6) is 0 Å². The first-order valence-electron chi connectivity index (χ1n) is 19.5. The average molecular weight is 648 g/mol. The van der Waals surface area contributed by atoms with Gasteiger partial charge in [0.1, 0.15) is 12.6 Å². The topological polar surface area (TPSA) is 92.7 Å². The van der Waals surface area contributed by atoms with Crippen molar-refractivity contribution in [3.63, 3.8) is 0 Å². The molecule has 6 nitrogen and oxygen atoms in total. The number of carbonyl (C=O) groups is 3. The Morgan fingerprint density at radius 2 is 1.00 bits per heavy atom. The van der Waals surface area contributed by atoms with E-state index in [1.807, 2.05) is 0 Å². The van der Waals surface area contributed by atoms with Crippen molar-refractivity contribution in [2.45, 2.75) is 206 Å². The minimum absolute atomic E-state index is 0.0293. The fourth-order valence-corrected chi connectivity index (χ4v) is 5.72. The van der Waals surface area contributed by atoms with Gasteiger partial charge in [-0.2, -0.15) is 0 Å². The molecule has 0 saturated heterocycles. The number of allylic oxidation sites excluding steroid dienone is 4. The van der Waals surface area contributed by atoms with Crippen molar-refractivity contribution in [2.24, 2.45) is 0 Å². The van der Waals surface area contributed by atoms with Gasteiger partial charge >= 0.3 is 11.9 Å². The fraction of sp³-hybridized carbons (Fsp3) is 0.825. The van der Waals surface area contributed by atoms with Gasteiger partial charge in [0.15, 0.2) is 0 Å². The van der Waals surface area contributed by atoms with Crippen LogP contribution in [0.15, 0.2) is 24.3 Å². The van der Waals surface area contributed by atoms with E-state index in [0.717, 1.165) is 70.6 Å². The summed E-state index contributed by atoms with van der Waals surface area (Å²) in [5, 5.41) is 11.0. The number of carboxylic acids is 1. The number of aliphatic carboxylic acids is 1. The second-order valence-electron chi connectivity index (χ2n) is 13.2. The number of nitrogens with one attached hydrogen (secondary N) is 1. The molecule has 0 aliphatic heterocycles. The van der Waals surface area contributed by atoms with Crippen molar-refractivity contribution < 1.29 is 24.2 Å². The standard InChI is InChI=1S/C40H73NO5/c1-3-5-7-8-9-10-11-12-13-14-15-16-17-18-19-20-21-22-23-24-25-26-31-35-40(45)46-37(32-28-6-4-2)33-29-27-30-34-38(42)41-36-39(43)44/h11-12,14-15,37H,3-10,13,16-36H2,1-2H3,(H,41,42)(H,43,44)/b12-11-,15-14-. The summed E-state index contributed by atoms with van der Waals surface area (Å²) in [6.45, 7) is 4.12.